The summed E-state index contributed by atoms with van der Waals surface area (Å²) >= 11 is 0. The van der Waals surface area contributed by atoms with E-state index < -0.39 is 6.92 Å². The van der Waals surface area contributed by atoms with Crippen LogP contribution in [0.25, 0.3) is 33.2 Å². The highest BCUT2D eigenvalue weighted by molar-refractivity contribution is 6.66. The molecule has 4 N–H and O–H groups in total. The number of H-pyrrole nitrogens is 1. The van der Waals surface area contributed by atoms with Crippen LogP contribution in [0.2, 0.25) is 6.82 Å². The molecule has 0 amide bonds. The van der Waals surface area contributed by atoms with Crippen LogP contribution in [0.5, 0.6) is 5.75 Å². The van der Waals surface area contributed by atoms with E-state index in [1.807, 2.05) is 36.5 Å². The molecule has 8 heteroatoms. The average Bonchev–Trinajstić information content (AvgIpc) is 3.21. The fourth-order valence-electron chi connectivity index (χ4n) is 3.22. The Hall–Kier alpha value is -3.39. The Morgan fingerprint density at radius 1 is 1.11 bits per heavy atom. The van der Waals surface area contributed by atoms with Gasteiger partial charge < -0.3 is 15.5 Å². The molecule has 2 aromatic carbocycles. The van der Waals surface area contributed by atoms with Crippen LogP contribution in [0, 0.1) is 0 Å². The van der Waals surface area contributed by atoms with Crippen LogP contribution in [0.3, 0.4) is 0 Å². The highest BCUT2D eigenvalue weighted by atomic mass is 16.5. The molecule has 27 heavy (non-hydrogen) atoms. The minimum Gasteiger partial charge on any atom is -0.497 e. The molecule has 7 nitrogen and oxygen atoms in total. The molecule has 0 aliphatic carbocycles. The molecule has 0 saturated carbocycles. The van der Waals surface area contributed by atoms with Crippen molar-refractivity contribution in [2.24, 2.45) is 0 Å². The number of aromatic amines is 1. The first-order chi connectivity index (χ1) is 13.1. The van der Waals surface area contributed by atoms with Crippen molar-refractivity contribution in [3.8, 4) is 28.0 Å². The highest BCUT2D eigenvalue weighted by Crippen LogP contribution is 2.35. The molecular formula is C19H18BN5O2. The minimum atomic E-state index is -0.673. The zero-order chi connectivity index (χ0) is 19.0. The summed E-state index contributed by atoms with van der Waals surface area (Å²) < 4.78 is 5.49. The zero-order valence-electron chi connectivity index (χ0n) is 15.0. The van der Waals surface area contributed by atoms with Crippen molar-refractivity contribution in [1.82, 2.24) is 20.4 Å². The van der Waals surface area contributed by atoms with Gasteiger partial charge >= 0.3 is 6.92 Å². The van der Waals surface area contributed by atoms with E-state index in [-0.39, 0.29) is 0 Å². The fraction of sp³-hybridized carbons (Fsp3) is 0.105. The van der Waals surface area contributed by atoms with Crippen molar-refractivity contribution in [2.45, 2.75) is 6.82 Å². The maximum Gasteiger partial charge on any atom is 0.324 e. The number of ether oxygens (including phenoxy) is 1. The van der Waals surface area contributed by atoms with E-state index >= 15 is 0 Å². The number of benzene rings is 2. The van der Waals surface area contributed by atoms with Crippen molar-refractivity contribution in [3.63, 3.8) is 0 Å². The van der Waals surface area contributed by atoms with Gasteiger partial charge in [-0.1, -0.05) is 19.0 Å². The van der Waals surface area contributed by atoms with Crippen molar-refractivity contribution in [3.05, 3.63) is 48.9 Å². The number of aromatic nitrogens is 4. The Morgan fingerprint density at radius 3 is 2.63 bits per heavy atom. The van der Waals surface area contributed by atoms with Crippen molar-refractivity contribution >= 4 is 29.0 Å². The van der Waals surface area contributed by atoms with E-state index in [1.54, 1.807) is 20.1 Å². The number of hydrogen-bond donors (Lipinski definition) is 3. The summed E-state index contributed by atoms with van der Waals surface area (Å²) in [5.74, 6) is 0.620. The Bertz CT molecular complexity index is 1110. The lowest BCUT2D eigenvalue weighted by Gasteiger charge is -2.16. The van der Waals surface area contributed by atoms with Crippen LogP contribution in [0.1, 0.15) is 0 Å². The van der Waals surface area contributed by atoms with Gasteiger partial charge in [-0.05, 0) is 40.4 Å². The Labute approximate surface area is 156 Å². The van der Waals surface area contributed by atoms with Gasteiger partial charge in [-0.3, -0.25) is 5.10 Å². The standard InChI is InChI=1S/C19H18BN5O2/c1-20(26)16-6-14(15(7-19(16)27-2)12-8-22-23-9-12)11-3-4-13-17(21)10-24-25-18(13)5-11/h3-10,26H,1-2H3,(H2,21,25)(H,22,23). The van der Waals surface area contributed by atoms with Crippen LogP contribution in [0.4, 0.5) is 5.69 Å². The lowest BCUT2D eigenvalue weighted by Crippen LogP contribution is -2.28. The molecule has 4 rings (SSSR count). The zero-order valence-corrected chi connectivity index (χ0v) is 15.0. The van der Waals surface area contributed by atoms with Gasteiger partial charge in [0, 0.05) is 17.1 Å². The summed E-state index contributed by atoms with van der Waals surface area (Å²) in [5, 5.41) is 26.1. The molecule has 2 aromatic heterocycles. The van der Waals surface area contributed by atoms with E-state index in [9.17, 15) is 5.02 Å². The van der Waals surface area contributed by atoms with Crippen molar-refractivity contribution in [1.29, 1.82) is 0 Å². The summed E-state index contributed by atoms with van der Waals surface area (Å²) in [6.07, 6.45) is 5.11. The molecule has 0 aliphatic heterocycles. The molecule has 0 aliphatic rings. The average molecular weight is 359 g/mol. The molecule has 0 spiro atoms. The van der Waals surface area contributed by atoms with E-state index in [4.69, 9.17) is 10.5 Å². The van der Waals surface area contributed by atoms with E-state index in [2.05, 4.69) is 20.4 Å². The van der Waals surface area contributed by atoms with Gasteiger partial charge in [0.15, 0.2) is 0 Å². The Balaban J connectivity index is 1.99. The summed E-state index contributed by atoms with van der Waals surface area (Å²) in [7, 11) is 1.59. The lowest BCUT2D eigenvalue weighted by atomic mass is 9.63. The molecular weight excluding hydrogens is 341 g/mol. The molecule has 0 fully saturated rings. The second-order valence-electron chi connectivity index (χ2n) is 6.33. The number of rotatable bonds is 4. The third-order valence-corrected chi connectivity index (χ3v) is 4.61. The summed E-state index contributed by atoms with van der Waals surface area (Å²) in [5.41, 5.74) is 11.7. The SMILES string of the molecule is COc1cc(-c2cn[nH]c2)c(-c2ccc3c(N)cnnc3c2)cc1B(C)O. The quantitative estimate of drug-likeness (QED) is 0.482. The van der Waals surface area contributed by atoms with Crippen LogP contribution in [0.15, 0.2) is 48.9 Å². The van der Waals surface area contributed by atoms with Gasteiger partial charge in [-0.2, -0.15) is 15.3 Å². The summed E-state index contributed by atoms with van der Waals surface area (Å²) in [6, 6.07) is 9.71. The van der Waals surface area contributed by atoms with Crippen LogP contribution in [-0.2, 0) is 0 Å². The number of nitrogens with two attached hydrogens (primary N) is 1. The van der Waals surface area contributed by atoms with Gasteiger partial charge in [0.25, 0.3) is 0 Å². The van der Waals surface area contributed by atoms with Gasteiger partial charge in [0.2, 0.25) is 0 Å². The van der Waals surface area contributed by atoms with E-state index in [0.717, 1.165) is 27.6 Å². The molecule has 0 atom stereocenters. The van der Waals surface area contributed by atoms with Gasteiger partial charge in [0.1, 0.15) is 5.75 Å². The monoisotopic (exact) mass is 359 g/mol. The van der Waals surface area contributed by atoms with Crippen molar-refractivity contribution < 1.29 is 9.76 Å². The summed E-state index contributed by atoms with van der Waals surface area (Å²) in [6.45, 7) is 1.04. The number of nitrogens with zero attached hydrogens (tertiary/aromatic N) is 3. The van der Waals surface area contributed by atoms with Crippen LogP contribution in [-0.4, -0.2) is 39.4 Å². The predicted octanol–water partition coefficient (Wildman–Crippen LogP) is 2.10. The minimum absolute atomic E-state index is 0.584. The smallest absolute Gasteiger partial charge is 0.324 e. The van der Waals surface area contributed by atoms with E-state index in [1.165, 1.54) is 6.20 Å². The molecule has 0 radical (unpaired) electrons. The Morgan fingerprint density at radius 2 is 1.93 bits per heavy atom. The van der Waals surface area contributed by atoms with Crippen molar-refractivity contribution in [2.75, 3.05) is 12.8 Å². The largest absolute Gasteiger partial charge is 0.497 e. The molecule has 2 heterocycles. The second kappa shape index (κ2) is 6.73. The summed E-state index contributed by atoms with van der Waals surface area (Å²) in [4.78, 5) is 0. The number of anilines is 1. The molecule has 0 bridgehead atoms. The van der Waals surface area contributed by atoms with Gasteiger partial charge in [0.05, 0.1) is 30.7 Å². The first-order valence-electron chi connectivity index (χ1n) is 8.49. The maximum atomic E-state index is 10.2. The number of hydrogen-bond acceptors (Lipinski definition) is 6. The van der Waals surface area contributed by atoms with E-state index in [0.29, 0.717) is 22.4 Å². The fourth-order valence-corrected chi connectivity index (χ4v) is 3.22. The molecule has 0 saturated heterocycles. The number of nitrogen functional groups attached to an aromatic ring is 1. The normalized spacial score (nSPS) is 10.9. The second-order valence-corrected chi connectivity index (χ2v) is 6.33. The maximum absolute atomic E-state index is 10.2. The van der Waals surface area contributed by atoms with Crippen LogP contribution >= 0.6 is 0 Å². The number of nitrogens with one attached hydrogen (secondary N) is 1. The third kappa shape index (κ3) is 3.00. The molecule has 134 valence electrons. The first kappa shape index (κ1) is 17.1. The highest BCUT2D eigenvalue weighted by Gasteiger charge is 2.19. The number of methoxy groups -OCH3 is 1. The number of fused-ring (bicyclic) bond motifs is 1. The van der Waals surface area contributed by atoms with Gasteiger partial charge in [-0.15, -0.1) is 0 Å². The van der Waals surface area contributed by atoms with Gasteiger partial charge in [-0.25, -0.2) is 0 Å². The Kier molecular flexibility index (Phi) is 4.25. The predicted molar refractivity (Wildman–Crippen MR) is 107 cm³/mol. The lowest BCUT2D eigenvalue weighted by molar-refractivity contribution is 0.417. The first-order valence-corrected chi connectivity index (χ1v) is 8.49. The molecule has 4 aromatic rings. The topological polar surface area (TPSA) is 110 Å². The molecule has 0 unspecified atom stereocenters. The van der Waals surface area contributed by atoms with Crippen LogP contribution < -0.4 is 15.9 Å². The third-order valence-electron chi connectivity index (χ3n) is 4.61.